The number of hydrogen-bond donors (Lipinski definition) is 0. The maximum Gasteiger partial charge on any atom is 0.0818 e. The fourth-order valence-electron chi connectivity index (χ4n) is 3.69. The van der Waals surface area contributed by atoms with Crippen molar-refractivity contribution >= 4 is 0 Å². The monoisotopic (exact) mass is 196 g/mol. The number of fused-ring (bicyclic) bond motifs is 1. The summed E-state index contributed by atoms with van der Waals surface area (Å²) in [5.41, 5.74) is 0. The molecule has 0 N–H and O–H groups in total. The Labute approximate surface area is 89.1 Å². The van der Waals surface area contributed by atoms with Crippen LogP contribution in [0.25, 0.3) is 0 Å². The first-order chi connectivity index (χ1) is 6.73. The molecule has 1 heterocycles. The maximum atomic E-state index is 2.49. The van der Waals surface area contributed by atoms with Crippen molar-refractivity contribution in [1.29, 1.82) is 0 Å². The third kappa shape index (κ3) is 2.13. The Hall–Kier alpha value is -0.0400. The van der Waals surface area contributed by atoms with Crippen molar-refractivity contribution in [1.82, 2.24) is 0 Å². The lowest BCUT2D eigenvalue weighted by Crippen LogP contribution is -2.42. The lowest BCUT2D eigenvalue weighted by atomic mass is 9.82. The van der Waals surface area contributed by atoms with E-state index < -0.39 is 0 Å². The molecular weight excluding hydrogens is 170 g/mol. The van der Waals surface area contributed by atoms with Gasteiger partial charge in [0.1, 0.15) is 0 Å². The van der Waals surface area contributed by atoms with Gasteiger partial charge in [0.05, 0.1) is 26.7 Å². The highest BCUT2D eigenvalue weighted by molar-refractivity contribution is 4.80. The summed E-state index contributed by atoms with van der Waals surface area (Å²) in [5, 5.41) is 0. The molecule has 1 saturated heterocycles. The van der Waals surface area contributed by atoms with Crippen LogP contribution in [-0.2, 0) is 0 Å². The van der Waals surface area contributed by atoms with Crippen molar-refractivity contribution in [2.75, 3.05) is 26.7 Å². The Balaban J connectivity index is 1.90. The van der Waals surface area contributed by atoms with Crippen molar-refractivity contribution in [3.8, 4) is 0 Å². The lowest BCUT2D eigenvalue weighted by molar-refractivity contribution is -0.900. The van der Waals surface area contributed by atoms with E-state index in [-0.39, 0.29) is 0 Å². The maximum absolute atomic E-state index is 2.49. The SMILES string of the molecule is CCCC[N+]1(C)C[C@@H]2CCCC[C@H]2C1. The van der Waals surface area contributed by atoms with Crippen LogP contribution in [0.5, 0.6) is 0 Å². The average molecular weight is 196 g/mol. The largest absolute Gasteiger partial charge is 0.326 e. The van der Waals surface area contributed by atoms with Crippen LogP contribution in [0.4, 0.5) is 0 Å². The van der Waals surface area contributed by atoms with Gasteiger partial charge in [0.25, 0.3) is 0 Å². The molecule has 0 radical (unpaired) electrons. The van der Waals surface area contributed by atoms with E-state index in [9.17, 15) is 0 Å². The standard InChI is InChI=1S/C13H26N/c1-3-4-9-14(2)10-12-7-5-6-8-13(12)11-14/h12-13H,3-11H2,1-2H3/q+1/t12-,13-/m0/s1. The zero-order chi connectivity index (χ0) is 10.0. The van der Waals surface area contributed by atoms with Gasteiger partial charge in [0.2, 0.25) is 0 Å². The van der Waals surface area contributed by atoms with Gasteiger partial charge in [0.15, 0.2) is 0 Å². The van der Waals surface area contributed by atoms with E-state index in [1.165, 1.54) is 62.6 Å². The summed E-state index contributed by atoms with van der Waals surface area (Å²) in [6.07, 6.45) is 8.87. The fraction of sp³-hybridized carbons (Fsp3) is 1.00. The molecular formula is C13H26N+. The molecule has 0 aromatic rings. The molecule has 82 valence electrons. The molecule has 14 heavy (non-hydrogen) atoms. The topological polar surface area (TPSA) is 0 Å². The minimum absolute atomic E-state index is 1.09. The summed E-state index contributed by atoms with van der Waals surface area (Å²) in [7, 11) is 2.49. The summed E-state index contributed by atoms with van der Waals surface area (Å²) >= 11 is 0. The highest BCUT2D eigenvalue weighted by Gasteiger charge is 2.42. The Morgan fingerprint density at radius 2 is 1.64 bits per heavy atom. The van der Waals surface area contributed by atoms with Crippen LogP contribution < -0.4 is 0 Å². The molecule has 1 nitrogen and oxygen atoms in total. The quantitative estimate of drug-likeness (QED) is 0.609. The van der Waals surface area contributed by atoms with Gasteiger partial charge in [-0.05, 0) is 19.3 Å². The highest BCUT2D eigenvalue weighted by atomic mass is 15.3. The van der Waals surface area contributed by atoms with Gasteiger partial charge >= 0.3 is 0 Å². The minimum Gasteiger partial charge on any atom is -0.326 e. The van der Waals surface area contributed by atoms with Gasteiger partial charge < -0.3 is 4.48 Å². The molecule has 0 bridgehead atoms. The van der Waals surface area contributed by atoms with Crippen LogP contribution in [0.3, 0.4) is 0 Å². The molecule has 2 aliphatic rings. The number of rotatable bonds is 3. The number of quaternary nitrogens is 1. The first-order valence-electron chi connectivity index (χ1n) is 6.57. The van der Waals surface area contributed by atoms with Crippen LogP contribution >= 0.6 is 0 Å². The first-order valence-corrected chi connectivity index (χ1v) is 6.57. The predicted octanol–water partition coefficient (Wildman–Crippen LogP) is 3.05. The van der Waals surface area contributed by atoms with E-state index in [0.29, 0.717) is 0 Å². The predicted molar refractivity (Wildman–Crippen MR) is 61.1 cm³/mol. The smallest absolute Gasteiger partial charge is 0.0818 e. The van der Waals surface area contributed by atoms with Crippen molar-refractivity contribution < 1.29 is 4.48 Å². The van der Waals surface area contributed by atoms with E-state index in [1.54, 1.807) is 0 Å². The highest BCUT2D eigenvalue weighted by Crippen LogP contribution is 2.38. The second-order valence-electron chi connectivity index (χ2n) is 5.87. The normalized spacial score (nSPS) is 35.6. The Morgan fingerprint density at radius 1 is 1.07 bits per heavy atom. The van der Waals surface area contributed by atoms with Crippen LogP contribution in [0.1, 0.15) is 45.4 Å². The Morgan fingerprint density at radius 3 is 2.14 bits per heavy atom. The molecule has 0 spiro atoms. The third-order valence-corrected chi connectivity index (χ3v) is 4.47. The Kier molecular flexibility index (Phi) is 3.16. The number of nitrogens with zero attached hydrogens (tertiary/aromatic N) is 1. The summed E-state index contributed by atoms with van der Waals surface area (Å²) in [4.78, 5) is 0. The van der Waals surface area contributed by atoms with E-state index in [1.807, 2.05) is 0 Å². The molecule has 0 amide bonds. The second-order valence-corrected chi connectivity index (χ2v) is 5.87. The van der Waals surface area contributed by atoms with E-state index >= 15 is 0 Å². The van der Waals surface area contributed by atoms with Gasteiger partial charge in [-0.25, -0.2) is 0 Å². The zero-order valence-corrected chi connectivity index (χ0v) is 9.97. The van der Waals surface area contributed by atoms with Crippen molar-refractivity contribution in [3.63, 3.8) is 0 Å². The van der Waals surface area contributed by atoms with Crippen LogP contribution in [0, 0.1) is 11.8 Å². The van der Waals surface area contributed by atoms with Crippen molar-refractivity contribution in [3.05, 3.63) is 0 Å². The van der Waals surface area contributed by atoms with Crippen molar-refractivity contribution in [2.24, 2.45) is 11.8 Å². The van der Waals surface area contributed by atoms with E-state index in [0.717, 1.165) is 11.8 Å². The molecule has 2 atom stereocenters. The molecule has 2 rings (SSSR count). The van der Waals surface area contributed by atoms with E-state index in [4.69, 9.17) is 0 Å². The Bertz CT molecular complexity index is 174. The van der Waals surface area contributed by atoms with Crippen LogP contribution in [0.2, 0.25) is 0 Å². The second kappa shape index (κ2) is 4.22. The molecule has 1 aliphatic carbocycles. The summed E-state index contributed by atoms with van der Waals surface area (Å²) in [6.45, 7) is 6.73. The third-order valence-electron chi connectivity index (χ3n) is 4.47. The molecule has 1 aliphatic heterocycles. The summed E-state index contributed by atoms with van der Waals surface area (Å²) in [5.74, 6) is 2.18. The summed E-state index contributed by atoms with van der Waals surface area (Å²) < 4.78 is 1.39. The van der Waals surface area contributed by atoms with Crippen LogP contribution in [0.15, 0.2) is 0 Å². The molecule has 2 fully saturated rings. The van der Waals surface area contributed by atoms with Gasteiger partial charge in [-0.1, -0.05) is 26.2 Å². The molecule has 0 unspecified atom stereocenters. The number of likely N-dealkylation sites (tertiary alicyclic amines) is 1. The van der Waals surface area contributed by atoms with Gasteiger partial charge in [-0.15, -0.1) is 0 Å². The number of unbranched alkanes of at least 4 members (excludes halogenated alkanes) is 1. The van der Waals surface area contributed by atoms with Gasteiger partial charge in [-0.2, -0.15) is 0 Å². The molecule has 1 saturated carbocycles. The fourth-order valence-corrected chi connectivity index (χ4v) is 3.69. The zero-order valence-electron chi connectivity index (χ0n) is 9.97. The van der Waals surface area contributed by atoms with Crippen molar-refractivity contribution in [2.45, 2.75) is 45.4 Å². The average Bonchev–Trinajstić information content (AvgIpc) is 2.51. The molecule has 1 heteroatoms. The molecule has 0 aromatic heterocycles. The minimum atomic E-state index is 1.09. The summed E-state index contributed by atoms with van der Waals surface area (Å²) in [6, 6.07) is 0. The first kappa shape index (κ1) is 10.5. The lowest BCUT2D eigenvalue weighted by Gasteiger charge is -2.29. The van der Waals surface area contributed by atoms with Gasteiger partial charge in [0, 0.05) is 11.8 Å². The van der Waals surface area contributed by atoms with E-state index in [2.05, 4.69) is 14.0 Å². The van der Waals surface area contributed by atoms with Crippen LogP contribution in [-0.4, -0.2) is 31.2 Å². The number of hydrogen-bond acceptors (Lipinski definition) is 0. The molecule has 0 aromatic carbocycles. The van der Waals surface area contributed by atoms with Gasteiger partial charge in [-0.3, -0.25) is 0 Å².